The van der Waals surface area contributed by atoms with Crippen LogP contribution in [0.25, 0.3) is 0 Å². The van der Waals surface area contributed by atoms with E-state index in [1.165, 1.54) is 0 Å². The minimum Gasteiger partial charge on any atom is -0.263 e. The number of azo groups is 1. The molecule has 2 heterocycles. The second-order valence-corrected chi connectivity index (χ2v) is 1.77. The van der Waals surface area contributed by atoms with E-state index in [4.69, 9.17) is 0 Å². The SMILES string of the molecule is O=C1N=NC(=O)c2nonc21. The van der Waals surface area contributed by atoms with E-state index in [2.05, 4.69) is 25.2 Å². The van der Waals surface area contributed by atoms with E-state index >= 15 is 0 Å². The molecule has 0 N–H and O–H groups in total. The second kappa shape index (κ2) is 1.78. The van der Waals surface area contributed by atoms with E-state index in [9.17, 15) is 9.59 Å². The normalized spacial score (nSPS) is 15.3. The third-order valence-electron chi connectivity index (χ3n) is 1.13. The average Bonchev–Trinajstić information content (AvgIpc) is 2.45. The number of fused-ring (bicyclic) bond motifs is 1. The molecule has 0 saturated heterocycles. The van der Waals surface area contributed by atoms with E-state index in [-0.39, 0.29) is 11.4 Å². The van der Waals surface area contributed by atoms with Crippen molar-refractivity contribution >= 4 is 11.8 Å². The first-order valence-electron chi connectivity index (χ1n) is 2.62. The molecule has 1 aromatic heterocycles. The van der Waals surface area contributed by atoms with Crippen molar-refractivity contribution in [2.75, 3.05) is 0 Å². The first-order valence-corrected chi connectivity index (χ1v) is 2.62. The average molecular weight is 152 g/mol. The van der Waals surface area contributed by atoms with Gasteiger partial charge < -0.3 is 0 Å². The zero-order valence-corrected chi connectivity index (χ0v) is 5.01. The Bertz CT molecular complexity index is 333. The lowest BCUT2D eigenvalue weighted by molar-refractivity contribution is 0.0915. The molecule has 0 unspecified atom stereocenters. The van der Waals surface area contributed by atoms with Crippen molar-refractivity contribution in [2.24, 2.45) is 10.2 Å². The van der Waals surface area contributed by atoms with Gasteiger partial charge in [-0.15, -0.1) is 10.2 Å². The smallest absolute Gasteiger partial charge is 0.263 e. The molecule has 2 rings (SSSR count). The molecule has 1 aliphatic rings. The van der Waals surface area contributed by atoms with Gasteiger partial charge in [0.15, 0.2) is 0 Å². The summed E-state index contributed by atoms with van der Waals surface area (Å²) in [6.07, 6.45) is 0. The summed E-state index contributed by atoms with van der Waals surface area (Å²) in [7, 11) is 0. The molecule has 2 amide bonds. The second-order valence-electron chi connectivity index (χ2n) is 1.77. The first kappa shape index (κ1) is 5.83. The van der Waals surface area contributed by atoms with Crippen LogP contribution in [0.2, 0.25) is 0 Å². The summed E-state index contributed by atoms with van der Waals surface area (Å²) in [6.45, 7) is 0. The molecule has 0 fully saturated rings. The van der Waals surface area contributed by atoms with Crippen molar-refractivity contribution in [2.45, 2.75) is 0 Å². The number of aromatic nitrogens is 2. The Labute approximate surface area is 59.1 Å². The van der Waals surface area contributed by atoms with Crippen LogP contribution in [0, 0.1) is 0 Å². The summed E-state index contributed by atoms with van der Waals surface area (Å²) in [5, 5.41) is 12.4. The zero-order valence-electron chi connectivity index (χ0n) is 5.01. The van der Waals surface area contributed by atoms with Crippen molar-refractivity contribution in [1.82, 2.24) is 10.3 Å². The van der Waals surface area contributed by atoms with Gasteiger partial charge in [-0.2, -0.15) is 0 Å². The molecular formula is C4N4O3. The molecule has 0 aromatic carbocycles. The van der Waals surface area contributed by atoms with Gasteiger partial charge in [-0.3, -0.25) is 9.59 Å². The van der Waals surface area contributed by atoms with Crippen LogP contribution in [0.15, 0.2) is 14.9 Å². The fourth-order valence-corrected chi connectivity index (χ4v) is 0.655. The Balaban J connectivity index is 2.68. The predicted octanol–water partition coefficient (Wildman–Crippen LogP) is -0.184. The van der Waals surface area contributed by atoms with Crippen molar-refractivity contribution < 1.29 is 14.2 Å². The Morgan fingerprint density at radius 2 is 1.36 bits per heavy atom. The van der Waals surface area contributed by atoms with Crippen LogP contribution in [0.3, 0.4) is 0 Å². The van der Waals surface area contributed by atoms with Gasteiger partial charge in [0.1, 0.15) is 0 Å². The highest BCUT2D eigenvalue weighted by atomic mass is 16.6. The number of hydrogen-bond acceptors (Lipinski definition) is 5. The zero-order chi connectivity index (χ0) is 7.84. The maximum Gasteiger partial charge on any atom is 0.320 e. The number of carbonyl (C=O) groups excluding carboxylic acids is 2. The topological polar surface area (TPSA) is 97.8 Å². The maximum absolute atomic E-state index is 10.7. The van der Waals surface area contributed by atoms with Gasteiger partial charge in [0.25, 0.3) is 0 Å². The summed E-state index contributed by atoms with van der Waals surface area (Å²) < 4.78 is 4.15. The molecule has 0 radical (unpaired) electrons. The number of nitrogens with zero attached hydrogens (tertiary/aromatic N) is 4. The van der Waals surface area contributed by atoms with Crippen LogP contribution < -0.4 is 0 Å². The predicted molar refractivity (Wildman–Crippen MR) is 27.8 cm³/mol. The van der Waals surface area contributed by atoms with Crippen molar-refractivity contribution in [3.63, 3.8) is 0 Å². The number of carbonyl (C=O) groups is 2. The van der Waals surface area contributed by atoms with Crippen molar-refractivity contribution in [3.8, 4) is 0 Å². The first-order chi connectivity index (χ1) is 5.29. The molecule has 7 heteroatoms. The van der Waals surface area contributed by atoms with Crippen LogP contribution in [-0.4, -0.2) is 22.1 Å². The highest BCUT2D eigenvalue weighted by Crippen LogP contribution is 2.11. The molecule has 1 aliphatic heterocycles. The molecule has 7 nitrogen and oxygen atoms in total. The van der Waals surface area contributed by atoms with Gasteiger partial charge in [0.05, 0.1) is 0 Å². The van der Waals surface area contributed by atoms with E-state index in [0.29, 0.717) is 0 Å². The Hall–Kier alpha value is -1.92. The minimum atomic E-state index is -0.708. The van der Waals surface area contributed by atoms with E-state index in [1.807, 2.05) is 0 Å². The van der Waals surface area contributed by atoms with Crippen LogP contribution in [0.5, 0.6) is 0 Å². The molecule has 0 aliphatic carbocycles. The van der Waals surface area contributed by atoms with Crippen molar-refractivity contribution in [3.05, 3.63) is 11.4 Å². The van der Waals surface area contributed by atoms with E-state index in [0.717, 1.165) is 0 Å². The van der Waals surface area contributed by atoms with Crippen LogP contribution >= 0.6 is 0 Å². The van der Waals surface area contributed by atoms with Gasteiger partial charge in [0, 0.05) is 0 Å². The van der Waals surface area contributed by atoms with Gasteiger partial charge in [-0.25, -0.2) is 4.63 Å². The summed E-state index contributed by atoms with van der Waals surface area (Å²) in [4.78, 5) is 21.4. The lowest BCUT2D eigenvalue weighted by Gasteiger charge is -1.92. The van der Waals surface area contributed by atoms with Gasteiger partial charge in [-0.05, 0) is 10.3 Å². The van der Waals surface area contributed by atoms with Gasteiger partial charge in [0.2, 0.25) is 11.4 Å². The van der Waals surface area contributed by atoms with Crippen molar-refractivity contribution in [1.29, 1.82) is 0 Å². The summed E-state index contributed by atoms with van der Waals surface area (Å²) in [5.41, 5.74) is -0.352. The number of rotatable bonds is 0. The summed E-state index contributed by atoms with van der Waals surface area (Å²) in [5.74, 6) is -1.42. The molecule has 1 aromatic rings. The van der Waals surface area contributed by atoms with Crippen LogP contribution in [0.4, 0.5) is 0 Å². The van der Waals surface area contributed by atoms with Crippen LogP contribution in [0.1, 0.15) is 21.0 Å². The largest absolute Gasteiger partial charge is 0.320 e. The summed E-state index contributed by atoms with van der Waals surface area (Å²) in [6, 6.07) is 0. The summed E-state index contributed by atoms with van der Waals surface area (Å²) >= 11 is 0. The molecular weight excluding hydrogens is 152 g/mol. The Kier molecular flexibility index (Phi) is 0.945. The molecule has 54 valence electrons. The number of amides is 2. The monoisotopic (exact) mass is 152 g/mol. The third kappa shape index (κ3) is 0.672. The molecule has 11 heavy (non-hydrogen) atoms. The highest BCUT2D eigenvalue weighted by molar-refractivity contribution is 6.08. The van der Waals surface area contributed by atoms with Gasteiger partial charge in [-0.1, -0.05) is 0 Å². The highest BCUT2D eigenvalue weighted by Gasteiger charge is 2.27. The quantitative estimate of drug-likeness (QED) is 0.513. The molecule has 0 saturated carbocycles. The third-order valence-corrected chi connectivity index (χ3v) is 1.13. The molecule has 0 atom stereocenters. The minimum absolute atomic E-state index is 0.176. The standard InChI is InChI=1S/C4N4O3/c9-3-1-2(8-11-7-1)4(10)6-5-3. The molecule has 0 bridgehead atoms. The van der Waals surface area contributed by atoms with Crippen LogP contribution in [-0.2, 0) is 0 Å². The number of hydrogen-bond donors (Lipinski definition) is 0. The fraction of sp³-hybridized carbons (Fsp3) is 0. The van der Waals surface area contributed by atoms with E-state index in [1.54, 1.807) is 0 Å². The van der Waals surface area contributed by atoms with Gasteiger partial charge >= 0.3 is 11.8 Å². The molecule has 0 spiro atoms. The Morgan fingerprint density at radius 3 is 1.82 bits per heavy atom. The lowest BCUT2D eigenvalue weighted by atomic mass is 10.3. The van der Waals surface area contributed by atoms with E-state index < -0.39 is 11.8 Å². The fourth-order valence-electron chi connectivity index (χ4n) is 0.655. The Morgan fingerprint density at radius 1 is 0.909 bits per heavy atom. The maximum atomic E-state index is 10.7. The lowest BCUT2D eigenvalue weighted by Crippen LogP contribution is -2.10.